The highest BCUT2D eigenvalue weighted by Crippen LogP contribution is 2.30. The number of sulfone groups is 1. The van der Waals surface area contributed by atoms with Crippen LogP contribution in [0, 0.1) is 0 Å². The molecule has 0 fully saturated rings. The number of benzene rings is 1. The van der Waals surface area contributed by atoms with Crippen molar-refractivity contribution in [3.8, 4) is 5.75 Å². The van der Waals surface area contributed by atoms with E-state index in [-0.39, 0.29) is 22.2 Å². The molecule has 0 amide bonds. The maximum atomic E-state index is 11.2. The smallest absolute Gasteiger partial charge is 0.179 e. The largest absolute Gasteiger partial charge is 0.506 e. The summed E-state index contributed by atoms with van der Waals surface area (Å²) in [6.45, 7) is 0.0366. The summed E-state index contributed by atoms with van der Waals surface area (Å²) >= 11 is 5.68. The summed E-state index contributed by atoms with van der Waals surface area (Å²) in [7, 11) is -3.48. The van der Waals surface area contributed by atoms with E-state index >= 15 is 0 Å². The molecule has 1 aromatic carbocycles. The summed E-state index contributed by atoms with van der Waals surface area (Å²) in [5, 5.41) is 9.77. The first kappa shape index (κ1) is 11.3. The lowest BCUT2D eigenvalue weighted by atomic mass is 10.2. The lowest BCUT2D eigenvalue weighted by Crippen LogP contribution is -2.03. The van der Waals surface area contributed by atoms with Gasteiger partial charge in [-0.15, -0.1) is 0 Å². The zero-order valence-electron chi connectivity index (χ0n) is 7.49. The van der Waals surface area contributed by atoms with E-state index in [1.807, 2.05) is 0 Å². The SMILES string of the molecule is CS(=O)(=O)c1cc(Cl)cc(CN)c1O. The highest BCUT2D eigenvalue weighted by Gasteiger charge is 2.16. The van der Waals surface area contributed by atoms with Crippen molar-refractivity contribution in [2.45, 2.75) is 11.4 Å². The van der Waals surface area contributed by atoms with Crippen molar-refractivity contribution in [3.05, 3.63) is 22.7 Å². The summed E-state index contributed by atoms with van der Waals surface area (Å²) in [6.07, 6.45) is 0.999. The second-order valence-electron chi connectivity index (χ2n) is 2.89. The van der Waals surface area contributed by atoms with E-state index in [1.54, 1.807) is 0 Å². The maximum absolute atomic E-state index is 11.2. The standard InChI is InChI=1S/C8H10ClNO3S/c1-14(12,13)7-3-6(9)2-5(4-10)8(7)11/h2-3,11H,4,10H2,1H3. The minimum absolute atomic E-state index is 0.0366. The summed E-state index contributed by atoms with van der Waals surface area (Å²) in [4.78, 5) is -0.189. The molecule has 0 aliphatic rings. The van der Waals surface area contributed by atoms with Crippen LogP contribution in [0.15, 0.2) is 17.0 Å². The number of phenols is 1. The molecule has 0 saturated heterocycles. The van der Waals surface area contributed by atoms with Crippen molar-refractivity contribution in [3.63, 3.8) is 0 Å². The molecule has 4 nitrogen and oxygen atoms in total. The number of nitrogens with two attached hydrogens (primary N) is 1. The molecule has 3 N–H and O–H groups in total. The second kappa shape index (κ2) is 3.76. The van der Waals surface area contributed by atoms with Gasteiger partial charge < -0.3 is 10.8 Å². The highest BCUT2D eigenvalue weighted by atomic mass is 35.5. The van der Waals surface area contributed by atoms with Crippen LogP contribution in [-0.2, 0) is 16.4 Å². The summed E-state index contributed by atoms with van der Waals surface area (Å²) < 4.78 is 22.4. The van der Waals surface area contributed by atoms with Gasteiger partial charge in [0.05, 0.1) is 0 Å². The van der Waals surface area contributed by atoms with Gasteiger partial charge in [-0.2, -0.15) is 0 Å². The lowest BCUT2D eigenvalue weighted by Gasteiger charge is -2.07. The van der Waals surface area contributed by atoms with Crippen molar-refractivity contribution in [1.82, 2.24) is 0 Å². The molecule has 0 unspecified atom stereocenters. The molecule has 0 aliphatic carbocycles. The van der Waals surface area contributed by atoms with Gasteiger partial charge >= 0.3 is 0 Å². The van der Waals surface area contributed by atoms with Crippen LogP contribution in [-0.4, -0.2) is 19.8 Å². The van der Waals surface area contributed by atoms with E-state index in [0.29, 0.717) is 5.56 Å². The number of hydrogen-bond donors (Lipinski definition) is 2. The Bertz CT molecular complexity index is 456. The van der Waals surface area contributed by atoms with Crippen LogP contribution in [0.1, 0.15) is 5.56 Å². The molecule has 6 heteroatoms. The third kappa shape index (κ3) is 2.17. The molecule has 0 spiro atoms. The van der Waals surface area contributed by atoms with E-state index in [0.717, 1.165) is 6.26 Å². The zero-order chi connectivity index (χ0) is 10.9. The van der Waals surface area contributed by atoms with Crippen LogP contribution >= 0.6 is 11.6 Å². The Morgan fingerprint density at radius 1 is 1.50 bits per heavy atom. The number of hydrogen-bond acceptors (Lipinski definition) is 4. The Morgan fingerprint density at radius 3 is 2.50 bits per heavy atom. The van der Waals surface area contributed by atoms with Crippen LogP contribution in [0.3, 0.4) is 0 Å². The molecule has 0 aromatic heterocycles. The van der Waals surface area contributed by atoms with E-state index < -0.39 is 9.84 Å². The van der Waals surface area contributed by atoms with Crippen LogP contribution in [0.25, 0.3) is 0 Å². The van der Waals surface area contributed by atoms with Gasteiger partial charge in [-0.1, -0.05) is 11.6 Å². The minimum atomic E-state index is -3.48. The monoisotopic (exact) mass is 235 g/mol. The molecule has 0 aliphatic heterocycles. The fourth-order valence-corrected chi connectivity index (χ4v) is 2.20. The summed E-state index contributed by atoms with van der Waals surface area (Å²) in [5.41, 5.74) is 5.64. The number of aromatic hydroxyl groups is 1. The first-order valence-corrected chi connectivity index (χ1v) is 6.04. The van der Waals surface area contributed by atoms with Crippen LogP contribution < -0.4 is 5.73 Å². The Hall–Kier alpha value is -0.780. The topological polar surface area (TPSA) is 80.4 Å². The predicted octanol–water partition coefficient (Wildman–Crippen LogP) is 0.908. The Morgan fingerprint density at radius 2 is 2.07 bits per heavy atom. The van der Waals surface area contributed by atoms with E-state index in [4.69, 9.17) is 17.3 Å². The summed E-state index contributed by atoms with van der Waals surface area (Å²) in [5.74, 6) is -0.320. The molecule has 1 aromatic rings. The minimum Gasteiger partial charge on any atom is -0.506 e. The number of phenolic OH excluding ortho intramolecular Hbond substituents is 1. The van der Waals surface area contributed by atoms with Gasteiger partial charge in [-0.3, -0.25) is 0 Å². The molecule has 0 heterocycles. The van der Waals surface area contributed by atoms with Crippen molar-refractivity contribution < 1.29 is 13.5 Å². The fourth-order valence-electron chi connectivity index (χ4n) is 1.07. The highest BCUT2D eigenvalue weighted by molar-refractivity contribution is 7.90. The van der Waals surface area contributed by atoms with Gasteiger partial charge in [0.2, 0.25) is 0 Å². The normalized spacial score (nSPS) is 11.6. The van der Waals surface area contributed by atoms with Crippen molar-refractivity contribution >= 4 is 21.4 Å². The quantitative estimate of drug-likeness (QED) is 0.799. The molecule has 1 rings (SSSR count). The Kier molecular flexibility index (Phi) is 3.04. The predicted molar refractivity (Wildman–Crippen MR) is 54.1 cm³/mol. The lowest BCUT2D eigenvalue weighted by molar-refractivity contribution is 0.452. The molecular weight excluding hydrogens is 226 g/mol. The fraction of sp³-hybridized carbons (Fsp3) is 0.250. The molecular formula is C8H10ClNO3S. The third-order valence-corrected chi connectivity index (χ3v) is 3.07. The van der Waals surface area contributed by atoms with Gasteiger partial charge in [0.25, 0.3) is 0 Å². The van der Waals surface area contributed by atoms with Gasteiger partial charge in [0.1, 0.15) is 10.6 Å². The molecule has 14 heavy (non-hydrogen) atoms. The van der Waals surface area contributed by atoms with Crippen molar-refractivity contribution in [2.24, 2.45) is 5.73 Å². The van der Waals surface area contributed by atoms with E-state index in [9.17, 15) is 13.5 Å². The van der Waals surface area contributed by atoms with E-state index in [1.165, 1.54) is 12.1 Å². The summed E-state index contributed by atoms with van der Waals surface area (Å²) in [6, 6.07) is 2.64. The second-order valence-corrected chi connectivity index (χ2v) is 5.31. The van der Waals surface area contributed by atoms with Crippen molar-refractivity contribution in [2.75, 3.05) is 6.26 Å². The van der Waals surface area contributed by atoms with Crippen LogP contribution in [0.5, 0.6) is 5.75 Å². The maximum Gasteiger partial charge on any atom is 0.179 e. The first-order valence-electron chi connectivity index (χ1n) is 3.77. The average molecular weight is 236 g/mol. The van der Waals surface area contributed by atoms with E-state index in [2.05, 4.69) is 0 Å². The molecule has 0 radical (unpaired) electrons. The van der Waals surface area contributed by atoms with Gasteiger partial charge in [0.15, 0.2) is 9.84 Å². The number of rotatable bonds is 2. The average Bonchev–Trinajstić information content (AvgIpc) is 2.06. The Balaban J connectivity index is 3.53. The van der Waals surface area contributed by atoms with Gasteiger partial charge in [-0.05, 0) is 12.1 Å². The van der Waals surface area contributed by atoms with Gasteiger partial charge in [-0.25, -0.2) is 8.42 Å². The van der Waals surface area contributed by atoms with Gasteiger partial charge in [0, 0.05) is 23.4 Å². The molecule has 0 atom stereocenters. The van der Waals surface area contributed by atoms with Crippen LogP contribution in [0.2, 0.25) is 5.02 Å². The van der Waals surface area contributed by atoms with Crippen molar-refractivity contribution in [1.29, 1.82) is 0 Å². The first-order chi connectivity index (χ1) is 6.36. The van der Waals surface area contributed by atoms with Crippen LogP contribution in [0.4, 0.5) is 0 Å². The number of halogens is 1. The molecule has 0 saturated carbocycles. The third-order valence-electron chi connectivity index (χ3n) is 1.74. The molecule has 78 valence electrons. The zero-order valence-corrected chi connectivity index (χ0v) is 9.06. The molecule has 0 bridgehead atoms. The Labute approximate surface area is 87.2 Å².